The lowest BCUT2D eigenvalue weighted by Crippen LogP contribution is -2.64. The van der Waals surface area contributed by atoms with Crippen LogP contribution in [0.2, 0.25) is 0 Å². The zero-order valence-corrected chi connectivity index (χ0v) is 41.0. The number of phosphoric acid groups is 1. The van der Waals surface area contributed by atoms with Crippen molar-refractivity contribution in [3.8, 4) is 0 Å². The Morgan fingerprint density at radius 2 is 0.970 bits per heavy atom. The molecule has 0 saturated heterocycles. The Morgan fingerprint density at radius 3 is 1.52 bits per heavy atom. The molecular formula is C51H87O14P. The highest BCUT2D eigenvalue weighted by Gasteiger charge is 2.51. The fraction of sp³-hybridized carbons (Fsp3) is 0.725. The minimum absolute atomic E-state index is 0.0000529. The van der Waals surface area contributed by atoms with Gasteiger partial charge in [0.25, 0.3) is 0 Å². The van der Waals surface area contributed by atoms with Gasteiger partial charge in [-0.15, -0.1) is 0 Å². The van der Waals surface area contributed by atoms with Crippen LogP contribution in [0.5, 0.6) is 0 Å². The van der Waals surface area contributed by atoms with Crippen molar-refractivity contribution in [2.24, 2.45) is 0 Å². The highest BCUT2D eigenvalue weighted by molar-refractivity contribution is 7.47. The molecule has 380 valence electrons. The van der Waals surface area contributed by atoms with Crippen molar-refractivity contribution in [1.29, 1.82) is 0 Å². The third-order valence-electron chi connectivity index (χ3n) is 11.1. The first kappa shape index (κ1) is 61.3. The number of ether oxygens (including phenoxy) is 2. The lowest BCUT2D eigenvalue weighted by molar-refractivity contribution is -0.220. The highest BCUT2D eigenvalue weighted by atomic mass is 31.2. The maximum absolute atomic E-state index is 12.8. The van der Waals surface area contributed by atoms with Gasteiger partial charge in [-0.3, -0.25) is 18.6 Å². The van der Waals surface area contributed by atoms with Crippen LogP contribution < -0.4 is 0 Å². The predicted octanol–water partition coefficient (Wildman–Crippen LogP) is 9.25. The fourth-order valence-electron chi connectivity index (χ4n) is 7.03. The first-order valence-corrected chi connectivity index (χ1v) is 26.3. The Balaban J connectivity index is 2.48. The Kier molecular flexibility index (Phi) is 37.3. The van der Waals surface area contributed by atoms with Gasteiger partial charge < -0.3 is 45.0 Å². The summed E-state index contributed by atoms with van der Waals surface area (Å²) in [5.41, 5.74) is 0. The van der Waals surface area contributed by atoms with Crippen molar-refractivity contribution in [1.82, 2.24) is 0 Å². The molecule has 1 aliphatic carbocycles. The number of aliphatic hydroxyl groups excluding tert-OH is 6. The van der Waals surface area contributed by atoms with Crippen molar-refractivity contribution in [2.75, 3.05) is 13.2 Å². The summed E-state index contributed by atoms with van der Waals surface area (Å²) >= 11 is 0. The van der Waals surface area contributed by atoms with E-state index in [2.05, 4.69) is 56.4 Å². The molecule has 0 radical (unpaired) electrons. The number of carbonyl (C=O) groups excluding carboxylic acids is 2. The van der Waals surface area contributed by atoms with E-state index in [1.165, 1.54) is 51.4 Å². The highest BCUT2D eigenvalue weighted by Crippen LogP contribution is 2.47. The molecule has 0 aromatic rings. The number of rotatable bonds is 40. The molecule has 14 nitrogen and oxygen atoms in total. The summed E-state index contributed by atoms with van der Waals surface area (Å²) in [4.78, 5) is 35.8. The molecule has 9 atom stereocenters. The van der Waals surface area contributed by atoms with Gasteiger partial charge in [0.15, 0.2) is 6.10 Å². The molecule has 15 heteroatoms. The summed E-state index contributed by atoms with van der Waals surface area (Å²) in [6, 6.07) is 0. The van der Waals surface area contributed by atoms with Gasteiger partial charge in [0, 0.05) is 12.8 Å². The third-order valence-corrected chi connectivity index (χ3v) is 12.1. The molecule has 1 saturated carbocycles. The molecule has 0 aromatic carbocycles. The van der Waals surface area contributed by atoms with Gasteiger partial charge in [0.2, 0.25) is 0 Å². The van der Waals surface area contributed by atoms with Crippen LogP contribution in [0.4, 0.5) is 0 Å². The minimum atomic E-state index is -5.15. The van der Waals surface area contributed by atoms with Crippen molar-refractivity contribution >= 4 is 19.8 Å². The Labute approximate surface area is 396 Å². The summed E-state index contributed by atoms with van der Waals surface area (Å²) in [7, 11) is -5.15. The maximum Gasteiger partial charge on any atom is 0.472 e. The van der Waals surface area contributed by atoms with Gasteiger partial charge >= 0.3 is 19.8 Å². The topological polar surface area (TPSA) is 230 Å². The molecular weight excluding hydrogens is 868 g/mol. The van der Waals surface area contributed by atoms with Gasteiger partial charge in [-0.05, 0) is 77.0 Å². The number of hydrogen-bond acceptors (Lipinski definition) is 13. The number of carbonyl (C=O) groups is 2. The summed E-state index contributed by atoms with van der Waals surface area (Å²) in [5, 5.41) is 60.1. The number of esters is 2. The predicted molar refractivity (Wildman–Crippen MR) is 259 cm³/mol. The van der Waals surface area contributed by atoms with Crippen molar-refractivity contribution in [2.45, 2.75) is 223 Å². The fourth-order valence-corrected chi connectivity index (χ4v) is 8.01. The van der Waals surface area contributed by atoms with Crippen molar-refractivity contribution in [3.05, 3.63) is 72.9 Å². The normalized spacial score (nSPS) is 22.4. The summed E-state index contributed by atoms with van der Waals surface area (Å²) < 4.78 is 33.5. The van der Waals surface area contributed by atoms with E-state index in [9.17, 15) is 49.7 Å². The van der Waals surface area contributed by atoms with Gasteiger partial charge in [0.05, 0.1) is 12.7 Å². The molecule has 0 bridgehead atoms. The van der Waals surface area contributed by atoms with Crippen LogP contribution in [-0.4, -0.2) is 110 Å². The van der Waals surface area contributed by atoms with Crippen LogP contribution in [0.15, 0.2) is 72.9 Å². The lowest BCUT2D eigenvalue weighted by Gasteiger charge is -2.41. The van der Waals surface area contributed by atoms with Crippen LogP contribution in [0.1, 0.15) is 174 Å². The summed E-state index contributed by atoms with van der Waals surface area (Å²) in [6.45, 7) is 3.07. The number of phosphoric ester groups is 1. The van der Waals surface area contributed by atoms with Crippen LogP contribution in [0.25, 0.3) is 0 Å². The number of hydrogen-bond donors (Lipinski definition) is 7. The molecule has 0 amide bonds. The molecule has 1 rings (SSSR count). The van der Waals surface area contributed by atoms with E-state index in [1.54, 1.807) is 0 Å². The zero-order chi connectivity index (χ0) is 48.7. The molecule has 0 aliphatic heterocycles. The number of unbranched alkanes of at least 4 members (excludes halogenated alkanes) is 14. The molecule has 1 aliphatic rings. The van der Waals surface area contributed by atoms with E-state index >= 15 is 0 Å². The summed E-state index contributed by atoms with van der Waals surface area (Å²) in [5.74, 6) is -1.20. The van der Waals surface area contributed by atoms with Crippen molar-refractivity contribution in [3.63, 3.8) is 0 Å². The monoisotopic (exact) mass is 955 g/mol. The van der Waals surface area contributed by atoms with E-state index in [-0.39, 0.29) is 18.9 Å². The zero-order valence-electron chi connectivity index (χ0n) is 40.1. The molecule has 3 unspecified atom stereocenters. The molecule has 0 spiro atoms. The smallest absolute Gasteiger partial charge is 0.462 e. The lowest BCUT2D eigenvalue weighted by atomic mass is 9.85. The third kappa shape index (κ3) is 32.1. The molecule has 66 heavy (non-hydrogen) atoms. The second-order valence-corrected chi connectivity index (χ2v) is 18.5. The largest absolute Gasteiger partial charge is 0.472 e. The average molecular weight is 955 g/mol. The van der Waals surface area contributed by atoms with E-state index in [4.69, 9.17) is 18.5 Å². The summed E-state index contributed by atoms with van der Waals surface area (Å²) in [6.07, 6.45) is 34.2. The minimum Gasteiger partial charge on any atom is -0.462 e. The molecule has 1 fully saturated rings. The van der Waals surface area contributed by atoms with Gasteiger partial charge in [-0.2, -0.15) is 0 Å². The molecule has 0 aromatic heterocycles. The van der Waals surface area contributed by atoms with E-state index in [0.29, 0.717) is 19.3 Å². The number of aliphatic hydroxyl groups is 6. The second kappa shape index (κ2) is 40.2. The SMILES string of the molecule is CCCCC/C=C\C/C=C\CCCCCCCCCCCC(=O)OC[C@H](COP(=O)(O)OC1[C@H](O)[C@H](O)C(O)[C@H](O)[C@H]1O)OC(=O)CCC/C=C\C/C=C\C/C=C\C/C=C\[C@H](O)CCCC. The van der Waals surface area contributed by atoms with Crippen LogP contribution in [-0.2, 0) is 32.7 Å². The van der Waals surface area contributed by atoms with E-state index in [0.717, 1.165) is 77.0 Å². The van der Waals surface area contributed by atoms with E-state index < -0.39 is 75.7 Å². The molecule has 7 N–H and O–H groups in total. The standard InChI is InChI=1S/C51H87O14P/c1-3-5-7-8-9-10-11-12-13-14-15-16-17-18-22-25-28-31-34-38-44(53)62-40-43(41-63-66(60,61)65-51-49(58)47(56)46(55)48(57)50(51)59)64-45(54)39-35-32-29-26-23-20-19-21-24-27-30-33-37-42(52)36-6-4-2/h9-10,12-13,19-20,24,26-27,29,33,37,42-43,46-52,55-59H,3-8,11,14-18,21-23,25,28,30-32,34-36,38-41H2,1-2H3,(H,60,61)/b10-9-,13-12-,20-19-,27-24-,29-26-,37-33-/t42-,43-,46?,47-,48+,49-,50-,51?/m1/s1. The average Bonchev–Trinajstić information content (AvgIpc) is 3.30. The Bertz CT molecular complexity index is 1450. The van der Waals surface area contributed by atoms with Gasteiger partial charge in [-0.1, -0.05) is 157 Å². The molecule has 0 heterocycles. The second-order valence-electron chi connectivity index (χ2n) is 17.1. The van der Waals surface area contributed by atoms with Crippen LogP contribution >= 0.6 is 7.82 Å². The number of allylic oxidation sites excluding steroid dienone is 11. The van der Waals surface area contributed by atoms with Gasteiger partial charge in [0.1, 0.15) is 43.2 Å². The maximum atomic E-state index is 12.8. The van der Waals surface area contributed by atoms with Gasteiger partial charge in [-0.25, -0.2) is 4.57 Å². The van der Waals surface area contributed by atoms with E-state index in [1.807, 2.05) is 30.4 Å². The quantitative estimate of drug-likeness (QED) is 0.0131. The Morgan fingerprint density at radius 1 is 0.530 bits per heavy atom. The van der Waals surface area contributed by atoms with Crippen LogP contribution in [0, 0.1) is 0 Å². The van der Waals surface area contributed by atoms with Crippen molar-refractivity contribution < 1.29 is 68.2 Å². The first-order chi connectivity index (χ1) is 31.8. The van der Waals surface area contributed by atoms with Crippen LogP contribution in [0.3, 0.4) is 0 Å². The Hall–Kier alpha value is -2.75. The first-order valence-electron chi connectivity index (χ1n) is 24.8.